The standard InChI is InChI=1S/C28H31NO4S/c1-19-13-20(2)28(21(3)14-19)34(32,33)29-17-25-10-5-4-9-24(25)16-26(29)27(31)12-11-22-7-6-8-23(15-22)18-30/h4-10,13-15,26,30H,11-12,16-18H2,1-3H3. The molecule has 0 radical (unpaired) electrons. The number of carbonyl (C=O) groups is 1. The predicted molar refractivity (Wildman–Crippen MR) is 133 cm³/mol. The molecule has 5 nitrogen and oxygen atoms in total. The summed E-state index contributed by atoms with van der Waals surface area (Å²) in [5.41, 5.74) is 6.12. The van der Waals surface area contributed by atoms with Crippen molar-refractivity contribution >= 4 is 15.8 Å². The number of sulfonamides is 1. The first kappa shape index (κ1) is 24.3. The summed E-state index contributed by atoms with van der Waals surface area (Å²) in [5.74, 6) is -0.0881. The van der Waals surface area contributed by atoms with Crippen molar-refractivity contribution in [2.24, 2.45) is 0 Å². The van der Waals surface area contributed by atoms with Crippen LogP contribution >= 0.6 is 0 Å². The van der Waals surface area contributed by atoms with Crippen LogP contribution in [0, 0.1) is 20.8 Å². The van der Waals surface area contributed by atoms with E-state index in [1.165, 1.54) is 4.31 Å². The number of hydrogen-bond donors (Lipinski definition) is 1. The molecule has 0 spiro atoms. The van der Waals surface area contributed by atoms with Gasteiger partial charge in [-0.3, -0.25) is 4.79 Å². The number of rotatable bonds is 7. The van der Waals surface area contributed by atoms with Crippen LogP contribution in [0.5, 0.6) is 0 Å². The van der Waals surface area contributed by atoms with Crippen LogP contribution in [0.2, 0.25) is 0 Å². The average Bonchev–Trinajstić information content (AvgIpc) is 2.81. The third-order valence-corrected chi connectivity index (χ3v) is 8.74. The Morgan fingerprint density at radius 3 is 2.26 bits per heavy atom. The van der Waals surface area contributed by atoms with Crippen LogP contribution in [0.1, 0.15) is 45.4 Å². The minimum atomic E-state index is -3.89. The fourth-order valence-corrected chi connectivity index (χ4v) is 7.04. The number of hydrogen-bond acceptors (Lipinski definition) is 4. The molecule has 6 heteroatoms. The van der Waals surface area contributed by atoms with E-state index in [-0.39, 0.29) is 25.4 Å². The van der Waals surface area contributed by atoms with E-state index in [1.54, 1.807) is 0 Å². The van der Waals surface area contributed by atoms with Crippen LogP contribution < -0.4 is 0 Å². The van der Waals surface area contributed by atoms with E-state index in [1.807, 2.05) is 81.4 Å². The fraction of sp³-hybridized carbons (Fsp3) is 0.321. The lowest BCUT2D eigenvalue weighted by Gasteiger charge is -2.36. The molecule has 0 fully saturated rings. The monoisotopic (exact) mass is 477 g/mol. The molecular formula is C28H31NO4S. The van der Waals surface area contributed by atoms with Crippen molar-refractivity contribution in [3.63, 3.8) is 0 Å². The number of nitrogens with zero attached hydrogens (tertiary/aromatic N) is 1. The smallest absolute Gasteiger partial charge is 0.244 e. The second-order valence-corrected chi connectivity index (χ2v) is 11.0. The zero-order valence-electron chi connectivity index (χ0n) is 19.9. The highest BCUT2D eigenvalue weighted by molar-refractivity contribution is 7.89. The van der Waals surface area contributed by atoms with E-state index in [2.05, 4.69) is 0 Å². The molecule has 0 saturated heterocycles. The molecule has 0 amide bonds. The third kappa shape index (κ3) is 4.85. The minimum Gasteiger partial charge on any atom is -0.392 e. The van der Waals surface area contributed by atoms with Crippen LogP contribution in [0.25, 0.3) is 0 Å². The molecule has 1 unspecified atom stereocenters. The molecule has 4 rings (SSSR count). The van der Waals surface area contributed by atoms with Crippen LogP contribution in [0.15, 0.2) is 65.6 Å². The maximum Gasteiger partial charge on any atom is 0.244 e. The van der Waals surface area contributed by atoms with Crippen LogP contribution in [-0.2, 0) is 40.8 Å². The number of aryl methyl sites for hydroxylation is 4. The molecule has 34 heavy (non-hydrogen) atoms. The fourth-order valence-electron chi connectivity index (χ4n) is 5.03. The summed E-state index contributed by atoms with van der Waals surface area (Å²) in [6.07, 6.45) is 1.11. The molecule has 1 heterocycles. The number of Topliss-reactive ketones (excluding diaryl/α,β-unsaturated/α-hetero) is 1. The first-order chi connectivity index (χ1) is 16.2. The Morgan fingerprint density at radius 2 is 1.59 bits per heavy atom. The Balaban J connectivity index is 1.68. The van der Waals surface area contributed by atoms with E-state index in [9.17, 15) is 18.3 Å². The van der Waals surface area contributed by atoms with Gasteiger partial charge in [0.05, 0.1) is 17.5 Å². The maximum absolute atomic E-state index is 14.0. The van der Waals surface area contributed by atoms with E-state index in [0.29, 0.717) is 28.9 Å². The van der Waals surface area contributed by atoms with Crippen molar-refractivity contribution in [3.05, 3.63) is 99.6 Å². The molecule has 1 aliphatic heterocycles. The van der Waals surface area contributed by atoms with Gasteiger partial charge < -0.3 is 5.11 Å². The first-order valence-corrected chi connectivity index (χ1v) is 13.0. The summed E-state index contributed by atoms with van der Waals surface area (Å²) in [7, 11) is -3.89. The van der Waals surface area contributed by atoms with Crippen LogP contribution in [0.3, 0.4) is 0 Å². The molecule has 0 aliphatic carbocycles. The van der Waals surface area contributed by atoms with E-state index >= 15 is 0 Å². The van der Waals surface area contributed by atoms with E-state index < -0.39 is 16.1 Å². The van der Waals surface area contributed by atoms with Crippen molar-refractivity contribution in [1.82, 2.24) is 4.31 Å². The largest absolute Gasteiger partial charge is 0.392 e. The number of aliphatic hydroxyl groups excluding tert-OH is 1. The van der Waals surface area contributed by atoms with Crippen molar-refractivity contribution in [2.75, 3.05) is 0 Å². The number of benzene rings is 3. The highest BCUT2D eigenvalue weighted by Crippen LogP contribution is 2.33. The van der Waals surface area contributed by atoms with Gasteiger partial charge in [-0.25, -0.2) is 8.42 Å². The molecule has 3 aromatic carbocycles. The zero-order valence-corrected chi connectivity index (χ0v) is 20.7. The molecule has 1 atom stereocenters. The van der Waals surface area contributed by atoms with E-state index in [0.717, 1.165) is 27.8 Å². The lowest BCUT2D eigenvalue weighted by atomic mass is 9.91. The first-order valence-electron chi connectivity index (χ1n) is 11.6. The van der Waals surface area contributed by atoms with Gasteiger partial charge in [-0.15, -0.1) is 0 Å². The van der Waals surface area contributed by atoms with Crippen molar-refractivity contribution in [2.45, 2.75) is 64.1 Å². The van der Waals surface area contributed by atoms with E-state index in [4.69, 9.17) is 0 Å². The SMILES string of the molecule is Cc1cc(C)c(S(=O)(=O)N2Cc3ccccc3CC2C(=O)CCc2cccc(CO)c2)c(C)c1. The van der Waals surface area contributed by atoms with Gasteiger partial charge >= 0.3 is 0 Å². The van der Waals surface area contributed by atoms with Gasteiger partial charge in [0.15, 0.2) is 5.78 Å². The third-order valence-electron chi connectivity index (χ3n) is 6.58. The Hall–Kier alpha value is -2.80. The average molecular weight is 478 g/mol. The van der Waals surface area contributed by atoms with Gasteiger partial charge in [0, 0.05) is 13.0 Å². The lowest BCUT2D eigenvalue weighted by Crippen LogP contribution is -2.48. The Morgan fingerprint density at radius 1 is 0.941 bits per heavy atom. The second-order valence-electron chi connectivity index (χ2n) is 9.21. The van der Waals surface area contributed by atoms with Gasteiger partial charge in [-0.1, -0.05) is 66.2 Å². The normalized spacial score (nSPS) is 16.3. The van der Waals surface area contributed by atoms with Gasteiger partial charge in [0.2, 0.25) is 10.0 Å². The molecule has 1 aliphatic rings. The Bertz CT molecular complexity index is 1310. The Kier molecular flexibility index (Phi) is 7.03. The summed E-state index contributed by atoms with van der Waals surface area (Å²) in [6, 6.07) is 18.3. The topological polar surface area (TPSA) is 74.7 Å². The summed E-state index contributed by atoms with van der Waals surface area (Å²) >= 11 is 0. The summed E-state index contributed by atoms with van der Waals surface area (Å²) in [5, 5.41) is 9.39. The van der Waals surface area contributed by atoms with Gasteiger partial charge in [-0.05, 0) is 67.0 Å². The lowest BCUT2D eigenvalue weighted by molar-refractivity contribution is -0.123. The Labute approximate surface area is 202 Å². The number of ketones is 1. The molecule has 178 valence electrons. The quantitative estimate of drug-likeness (QED) is 0.547. The maximum atomic E-state index is 14.0. The molecule has 1 N–H and O–H groups in total. The summed E-state index contributed by atoms with van der Waals surface area (Å²) < 4.78 is 29.3. The number of carbonyl (C=O) groups excluding carboxylic acids is 1. The molecular weight excluding hydrogens is 446 g/mol. The van der Waals surface area contributed by atoms with Gasteiger partial charge in [0.25, 0.3) is 0 Å². The molecule has 0 saturated carbocycles. The number of fused-ring (bicyclic) bond motifs is 1. The van der Waals surface area contributed by atoms with Crippen molar-refractivity contribution in [3.8, 4) is 0 Å². The van der Waals surface area contributed by atoms with Crippen molar-refractivity contribution in [1.29, 1.82) is 0 Å². The summed E-state index contributed by atoms with van der Waals surface area (Å²) in [6.45, 7) is 5.71. The van der Waals surface area contributed by atoms with Gasteiger partial charge in [-0.2, -0.15) is 4.31 Å². The highest BCUT2D eigenvalue weighted by Gasteiger charge is 2.40. The molecule has 3 aromatic rings. The highest BCUT2D eigenvalue weighted by atomic mass is 32.2. The zero-order chi connectivity index (χ0) is 24.5. The van der Waals surface area contributed by atoms with Crippen molar-refractivity contribution < 1.29 is 18.3 Å². The second kappa shape index (κ2) is 9.82. The predicted octanol–water partition coefficient (Wildman–Crippen LogP) is 4.42. The summed E-state index contributed by atoms with van der Waals surface area (Å²) in [4.78, 5) is 13.8. The van der Waals surface area contributed by atoms with Crippen LogP contribution in [-0.4, -0.2) is 29.7 Å². The molecule has 0 aromatic heterocycles. The number of aliphatic hydroxyl groups is 1. The van der Waals surface area contributed by atoms with Gasteiger partial charge in [0.1, 0.15) is 0 Å². The molecule has 0 bridgehead atoms. The van der Waals surface area contributed by atoms with Crippen LogP contribution in [0.4, 0.5) is 0 Å². The minimum absolute atomic E-state index is 0.0531.